The van der Waals surface area contributed by atoms with E-state index in [0.717, 1.165) is 22.6 Å². The number of aryl methyl sites for hydroxylation is 1. The van der Waals surface area contributed by atoms with Crippen molar-refractivity contribution >= 4 is 17.4 Å². The summed E-state index contributed by atoms with van der Waals surface area (Å²) in [6, 6.07) is 7.38. The van der Waals surface area contributed by atoms with Crippen LogP contribution in [0.1, 0.15) is 17.0 Å². The molecule has 146 valence electrons. The van der Waals surface area contributed by atoms with E-state index in [-0.39, 0.29) is 6.17 Å². The molecule has 0 spiro atoms. The maximum atomic E-state index is 8.87. The van der Waals surface area contributed by atoms with Crippen molar-refractivity contribution in [2.75, 3.05) is 20.8 Å². The van der Waals surface area contributed by atoms with Gasteiger partial charge in [-0.25, -0.2) is 4.98 Å². The maximum Gasteiger partial charge on any atom is 0.187 e. The zero-order chi connectivity index (χ0) is 19.8. The minimum atomic E-state index is -0.199. The lowest BCUT2D eigenvalue weighted by Crippen LogP contribution is -2.49. The van der Waals surface area contributed by atoms with Crippen molar-refractivity contribution in [1.29, 1.82) is 5.41 Å². The zero-order valence-corrected chi connectivity index (χ0v) is 16.6. The van der Waals surface area contributed by atoms with E-state index in [0.29, 0.717) is 35.5 Å². The summed E-state index contributed by atoms with van der Waals surface area (Å²) in [5.74, 6) is 0.959. The van der Waals surface area contributed by atoms with Gasteiger partial charge in [0.25, 0.3) is 0 Å². The number of rotatable bonds is 5. The number of fused-ring (bicyclic) bond motifs is 3. The Bertz CT molecular complexity index is 1030. The molecule has 1 unspecified atom stereocenters. The molecule has 1 aliphatic rings. The normalized spacial score (nSPS) is 14.6. The fraction of sp³-hybridized carbons (Fsp3) is 0.316. The van der Waals surface area contributed by atoms with Gasteiger partial charge < -0.3 is 14.2 Å². The number of halogens is 1. The van der Waals surface area contributed by atoms with Crippen LogP contribution in [0.2, 0.25) is 5.02 Å². The standard InChI is InChI=1S/C19H21ClN6O2/c1-11-6-16(28-24-11)18-15-8-25(17(22-2)9-27-3)19(21)13-7-12(20)4-5-14(13)26(15)10-23-18/h4-7,10,17,21-22H,8-9H2,1-3H3. The highest BCUT2D eigenvalue weighted by Gasteiger charge is 2.31. The minimum Gasteiger partial charge on any atom is -0.381 e. The summed E-state index contributed by atoms with van der Waals surface area (Å²) in [5, 5.41) is 16.7. The third kappa shape index (κ3) is 3.09. The number of aromatic nitrogens is 3. The molecule has 28 heavy (non-hydrogen) atoms. The van der Waals surface area contributed by atoms with Crippen molar-refractivity contribution in [2.45, 2.75) is 19.6 Å². The summed E-state index contributed by atoms with van der Waals surface area (Å²) in [4.78, 5) is 6.52. The van der Waals surface area contributed by atoms with Crippen molar-refractivity contribution in [3.63, 3.8) is 0 Å². The molecule has 0 saturated heterocycles. The lowest BCUT2D eigenvalue weighted by atomic mass is 10.1. The lowest BCUT2D eigenvalue weighted by Gasteiger charge is -2.32. The van der Waals surface area contributed by atoms with E-state index in [9.17, 15) is 0 Å². The molecule has 0 fully saturated rings. The molecule has 0 aliphatic carbocycles. The Morgan fingerprint density at radius 2 is 2.21 bits per heavy atom. The average Bonchev–Trinajstić information content (AvgIpc) is 3.27. The van der Waals surface area contributed by atoms with E-state index in [4.69, 9.17) is 26.3 Å². The molecule has 0 amide bonds. The highest BCUT2D eigenvalue weighted by molar-refractivity contribution is 6.31. The number of nitrogens with one attached hydrogen (secondary N) is 2. The molecule has 9 heteroatoms. The summed E-state index contributed by atoms with van der Waals surface area (Å²) in [6.45, 7) is 2.73. The number of hydrogen-bond acceptors (Lipinski definition) is 6. The molecule has 0 saturated carbocycles. The van der Waals surface area contributed by atoms with Crippen molar-refractivity contribution in [3.8, 4) is 17.1 Å². The molecule has 0 radical (unpaired) electrons. The van der Waals surface area contributed by atoms with Crippen LogP contribution in [0.15, 0.2) is 35.1 Å². The monoisotopic (exact) mass is 400 g/mol. The van der Waals surface area contributed by atoms with E-state index in [2.05, 4.69) is 15.5 Å². The summed E-state index contributed by atoms with van der Waals surface area (Å²) >= 11 is 6.24. The fourth-order valence-electron chi connectivity index (χ4n) is 3.47. The summed E-state index contributed by atoms with van der Waals surface area (Å²) in [7, 11) is 3.49. The first kappa shape index (κ1) is 18.7. The number of methoxy groups -OCH3 is 1. The SMILES string of the molecule is CNC(COC)N1Cc2c(-c3cc(C)no3)ncn2-c2ccc(Cl)cc2C1=N. The summed E-state index contributed by atoms with van der Waals surface area (Å²) < 4.78 is 12.8. The summed E-state index contributed by atoms with van der Waals surface area (Å²) in [6.07, 6.45) is 1.55. The Hall–Kier alpha value is -2.68. The van der Waals surface area contributed by atoms with Crippen LogP contribution in [0.4, 0.5) is 0 Å². The second-order valence-electron chi connectivity index (χ2n) is 6.64. The molecular formula is C19H21ClN6O2. The molecule has 1 aliphatic heterocycles. The van der Waals surface area contributed by atoms with E-state index in [1.807, 2.05) is 41.6 Å². The van der Waals surface area contributed by atoms with Gasteiger partial charge in [-0.05, 0) is 32.2 Å². The van der Waals surface area contributed by atoms with Crippen LogP contribution in [-0.2, 0) is 11.3 Å². The largest absolute Gasteiger partial charge is 0.381 e. The quantitative estimate of drug-likeness (QED) is 0.684. The van der Waals surface area contributed by atoms with Gasteiger partial charge in [0.05, 0.1) is 30.2 Å². The van der Waals surface area contributed by atoms with Crippen LogP contribution < -0.4 is 5.32 Å². The van der Waals surface area contributed by atoms with Crippen LogP contribution in [0.5, 0.6) is 0 Å². The highest BCUT2D eigenvalue weighted by Crippen LogP contribution is 2.32. The molecule has 1 atom stereocenters. The van der Waals surface area contributed by atoms with Gasteiger partial charge in [-0.15, -0.1) is 0 Å². The first-order valence-electron chi connectivity index (χ1n) is 8.85. The van der Waals surface area contributed by atoms with Gasteiger partial charge >= 0.3 is 0 Å². The Morgan fingerprint density at radius 3 is 2.89 bits per heavy atom. The lowest BCUT2D eigenvalue weighted by molar-refractivity contribution is 0.110. The fourth-order valence-corrected chi connectivity index (χ4v) is 3.64. The highest BCUT2D eigenvalue weighted by atomic mass is 35.5. The second kappa shape index (κ2) is 7.38. The number of amidine groups is 1. The maximum absolute atomic E-state index is 8.87. The molecular weight excluding hydrogens is 380 g/mol. The molecule has 8 nitrogen and oxygen atoms in total. The van der Waals surface area contributed by atoms with Gasteiger partial charge in [0.2, 0.25) is 0 Å². The number of ether oxygens (including phenoxy) is 1. The van der Waals surface area contributed by atoms with E-state index < -0.39 is 0 Å². The van der Waals surface area contributed by atoms with Crippen LogP contribution in [-0.4, -0.2) is 52.4 Å². The smallest absolute Gasteiger partial charge is 0.187 e. The minimum absolute atomic E-state index is 0.199. The predicted octanol–water partition coefficient (Wildman–Crippen LogP) is 2.82. The van der Waals surface area contributed by atoms with Gasteiger partial charge in [-0.1, -0.05) is 16.8 Å². The Balaban J connectivity index is 1.91. The van der Waals surface area contributed by atoms with Crippen LogP contribution in [0, 0.1) is 12.3 Å². The van der Waals surface area contributed by atoms with Crippen molar-refractivity contribution < 1.29 is 9.26 Å². The second-order valence-corrected chi connectivity index (χ2v) is 7.08. The molecule has 3 heterocycles. The third-order valence-electron chi connectivity index (χ3n) is 4.84. The molecule has 4 rings (SSSR count). The summed E-state index contributed by atoms with van der Waals surface area (Å²) in [5.41, 5.74) is 3.95. The van der Waals surface area contributed by atoms with Crippen LogP contribution in [0.25, 0.3) is 17.1 Å². The number of hydrogen-bond donors (Lipinski definition) is 2. The van der Waals surface area contributed by atoms with E-state index in [1.54, 1.807) is 19.5 Å². The van der Waals surface area contributed by atoms with E-state index in [1.165, 1.54) is 0 Å². The molecule has 2 N–H and O–H groups in total. The molecule has 0 bridgehead atoms. The van der Waals surface area contributed by atoms with Crippen LogP contribution in [0.3, 0.4) is 0 Å². The predicted molar refractivity (Wildman–Crippen MR) is 106 cm³/mol. The van der Waals surface area contributed by atoms with Gasteiger partial charge in [0.15, 0.2) is 5.76 Å². The van der Waals surface area contributed by atoms with Crippen molar-refractivity contribution in [2.24, 2.45) is 0 Å². The number of nitrogens with zero attached hydrogens (tertiary/aromatic N) is 4. The van der Waals surface area contributed by atoms with Crippen molar-refractivity contribution in [3.05, 3.63) is 52.6 Å². The number of likely N-dealkylation sites (N-methyl/N-ethyl adjacent to an activating group) is 1. The Morgan fingerprint density at radius 1 is 1.39 bits per heavy atom. The van der Waals surface area contributed by atoms with Gasteiger partial charge in [0, 0.05) is 23.8 Å². The van der Waals surface area contributed by atoms with E-state index >= 15 is 0 Å². The zero-order valence-electron chi connectivity index (χ0n) is 15.9. The van der Waals surface area contributed by atoms with Crippen molar-refractivity contribution in [1.82, 2.24) is 24.9 Å². The topological polar surface area (TPSA) is 92.2 Å². The molecule has 2 aromatic heterocycles. The molecule has 3 aromatic rings. The third-order valence-corrected chi connectivity index (χ3v) is 5.08. The Kier molecular flexibility index (Phi) is 4.92. The molecule has 1 aromatic carbocycles. The van der Waals surface area contributed by atoms with Gasteiger partial charge in [-0.2, -0.15) is 0 Å². The van der Waals surface area contributed by atoms with Crippen LogP contribution >= 0.6 is 11.6 Å². The van der Waals surface area contributed by atoms with Gasteiger partial charge in [-0.3, -0.25) is 15.3 Å². The van der Waals surface area contributed by atoms with Gasteiger partial charge in [0.1, 0.15) is 24.0 Å². The average molecular weight is 401 g/mol. The first-order valence-corrected chi connectivity index (χ1v) is 9.23. The Labute approximate surface area is 167 Å². The first-order chi connectivity index (χ1) is 13.5. The number of imidazole rings is 1. The number of benzene rings is 1.